The van der Waals surface area contributed by atoms with Gasteiger partial charge in [0.25, 0.3) is 0 Å². The zero-order valence-corrected chi connectivity index (χ0v) is 27.6. The Labute approximate surface area is 289 Å². The Balaban J connectivity index is -0.000000290. The van der Waals surface area contributed by atoms with Gasteiger partial charge in [-0.1, -0.05) is 75.2 Å². The Hall–Kier alpha value is -2.86. The second-order valence-corrected chi connectivity index (χ2v) is 14.7. The highest BCUT2D eigenvalue weighted by Crippen LogP contribution is 2.32. The third kappa shape index (κ3) is 17.2. The molecule has 0 aliphatic carbocycles. The molecular formula is C35H61N3O5S3. The number of rotatable bonds is 7. The minimum atomic E-state index is -3.25. The van der Waals surface area contributed by atoms with Crippen LogP contribution in [0.2, 0.25) is 0 Å². The first kappa shape index (κ1) is 50.0. The number of sulfonamides is 1. The highest BCUT2D eigenvalue weighted by Gasteiger charge is 2.18. The van der Waals surface area contributed by atoms with Gasteiger partial charge in [-0.25, -0.2) is 23.1 Å². The number of nitrogens with one attached hydrogen (secondary N) is 1. The maximum atomic E-state index is 11.4. The van der Waals surface area contributed by atoms with Crippen molar-refractivity contribution in [2.75, 3.05) is 0 Å². The summed E-state index contributed by atoms with van der Waals surface area (Å²) < 4.78 is 36.6. The van der Waals surface area contributed by atoms with Gasteiger partial charge in [-0.05, 0) is 83.5 Å². The number of fused-ring (bicyclic) bond motifs is 1. The molecule has 1 N–H and O–H groups in total. The molecule has 1 aromatic carbocycles. The van der Waals surface area contributed by atoms with Crippen LogP contribution in [0.1, 0.15) is 99.4 Å². The molecule has 0 spiro atoms. The van der Waals surface area contributed by atoms with E-state index in [1.807, 2.05) is 90.2 Å². The normalized spacial score (nSPS) is 10.3. The predicted octanol–water partition coefficient (Wildman–Crippen LogP) is 10.7. The average Bonchev–Trinajstić information content (AvgIpc) is 3.57. The lowest BCUT2D eigenvalue weighted by Gasteiger charge is -2.20. The average molecular weight is 700 g/mol. The predicted molar refractivity (Wildman–Crippen MR) is 203 cm³/mol. The summed E-state index contributed by atoms with van der Waals surface area (Å²) in [5.41, 5.74) is 2.23. The quantitative estimate of drug-likeness (QED) is 0.191. The summed E-state index contributed by atoms with van der Waals surface area (Å²) in [7, 11) is -3.25. The van der Waals surface area contributed by atoms with E-state index in [-0.39, 0.29) is 66.8 Å². The molecule has 264 valence electrons. The SMILES string of the molecule is C.C.C.C.C.CC(C)C(=O)OC(C)(C)C.CC(C)NS(=O)(=O)c1cccs1.CC(C)Oc1nc2ccccc2nc1-c1cccs1. The first-order chi connectivity index (χ1) is 19.1. The fourth-order valence-corrected chi connectivity index (χ4v) is 6.03. The number of hydrogen-bond donors (Lipinski definition) is 1. The summed E-state index contributed by atoms with van der Waals surface area (Å²) >= 11 is 2.86. The molecule has 8 nitrogen and oxygen atoms in total. The summed E-state index contributed by atoms with van der Waals surface area (Å²) in [5, 5.41) is 3.78. The van der Waals surface area contributed by atoms with Crippen molar-refractivity contribution in [2.45, 2.75) is 121 Å². The van der Waals surface area contributed by atoms with E-state index in [0.717, 1.165) is 21.6 Å². The van der Waals surface area contributed by atoms with Crippen molar-refractivity contribution in [3.05, 3.63) is 59.3 Å². The molecule has 0 amide bonds. The van der Waals surface area contributed by atoms with Crippen LogP contribution in [0.4, 0.5) is 0 Å². The van der Waals surface area contributed by atoms with Gasteiger partial charge in [-0.3, -0.25) is 4.79 Å². The number of ether oxygens (including phenoxy) is 2. The lowest BCUT2D eigenvalue weighted by molar-refractivity contribution is -0.158. The molecule has 0 aliphatic rings. The van der Waals surface area contributed by atoms with Gasteiger partial charge in [0, 0.05) is 6.04 Å². The molecular weight excluding hydrogens is 639 g/mol. The molecule has 0 saturated heterocycles. The minimum Gasteiger partial charge on any atom is -0.473 e. The third-order valence-corrected chi connectivity index (χ3v) is 8.60. The first-order valence-electron chi connectivity index (χ1n) is 13.3. The Morgan fingerprint density at radius 2 is 1.30 bits per heavy atom. The summed E-state index contributed by atoms with van der Waals surface area (Å²) in [4.78, 5) is 21.3. The van der Waals surface area contributed by atoms with Crippen LogP contribution in [0.15, 0.2) is 63.5 Å². The second kappa shape index (κ2) is 22.6. The molecule has 0 bridgehead atoms. The van der Waals surface area contributed by atoms with Crippen LogP contribution in [-0.2, 0) is 19.6 Å². The van der Waals surface area contributed by atoms with Gasteiger partial charge in [0.1, 0.15) is 15.5 Å². The van der Waals surface area contributed by atoms with Gasteiger partial charge in [-0.15, -0.1) is 22.7 Å². The standard InChI is InChI=1S/C15H14N2OS.C8H16O2.C7H11NO2S2.5CH4/c1-10(2)18-15-14(13-8-5-9-19-13)16-11-6-3-4-7-12(11)17-15;1-6(2)7(9)10-8(3,4)5;1-6(2)8-12(9,10)7-4-3-5-11-7;;;;;/h3-10H,1-2H3;6H,1-5H3;3-6,8H,1-2H3;5*1H4. The molecule has 0 fully saturated rings. The van der Waals surface area contributed by atoms with E-state index in [4.69, 9.17) is 14.5 Å². The van der Waals surface area contributed by atoms with E-state index in [1.165, 1.54) is 11.3 Å². The van der Waals surface area contributed by atoms with Crippen molar-refractivity contribution in [3.63, 3.8) is 0 Å². The Morgan fingerprint density at radius 3 is 1.70 bits per heavy atom. The lowest BCUT2D eigenvalue weighted by Crippen LogP contribution is -2.29. The fraction of sp³-hybridized carbons (Fsp3) is 0.514. The van der Waals surface area contributed by atoms with Gasteiger partial charge in [0.15, 0.2) is 0 Å². The van der Waals surface area contributed by atoms with Crippen molar-refractivity contribution in [2.24, 2.45) is 5.92 Å². The van der Waals surface area contributed by atoms with E-state index in [2.05, 4.69) is 9.71 Å². The summed E-state index contributed by atoms with van der Waals surface area (Å²) in [5.74, 6) is 0.447. The van der Waals surface area contributed by atoms with Crippen molar-refractivity contribution < 1.29 is 22.7 Å². The number of esters is 1. The van der Waals surface area contributed by atoms with E-state index in [0.29, 0.717) is 10.1 Å². The van der Waals surface area contributed by atoms with Crippen LogP contribution in [-0.4, -0.2) is 42.1 Å². The molecule has 46 heavy (non-hydrogen) atoms. The lowest BCUT2D eigenvalue weighted by atomic mass is 10.1. The Bertz CT molecular complexity index is 1460. The van der Waals surface area contributed by atoms with Gasteiger partial charge < -0.3 is 9.47 Å². The Morgan fingerprint density at radius 1 is 0.783 bits per heavy atom. The van der Waals surface area contributed by atoms with E-state index < -0.39 is 10.0 Å². The maximum absolute atomic E-state index is 11.4. The number of benzene rings is 1. The van der Waals surface area contributed by atoms with Crippen LogP contribution < -0.4 is 9.46 Å². The van der Waals surface area contributed by atoms with Gasteiger partial charge in [-0.2, -0.15) is 0 Å². The van der Waals surface area contributed by atoms with Crippen LogP contribution in [0.5, 0.6) is 5.88 Å². The van der Waals surface area contributed by atoms with Gasteiger partial charge in [0.05, 0.1) is 27.9 Å². The van der Waals surface area contributed by atoms with Crippen LogP contribution >= 0.6 is 22.7 Å². The van der Waals surface area contributed by atoms with Crippen molar-refractivity contribution in [1.82, 2.24) is 14.7 Å². The number of carbonyl (C=O) groups excluding carboxylic acids is 1. The molecule has 3 aromatic heterocycles. The van der Waals surface area contributed by atoms with Gasteiger partial charge >= 0.3 is 5.97 Å². The smallest absolute Gasteiger partial charge is 0.308 e. The minimum absolute atomic E-state index is 0. The molecule has 4 rings (SSSR count). The molecule has 0 atom stereocenters. The molecule has 0 saturated carbocycles. The highest BCUT2D eigenvalue weighted by atomic mass is 32.2. The van der Waals surface area contributed by atoms with E-state index >= 15 is 0 Å². The van der Waals surface area contributed by atoms with Crippen LogP contribution in [0.3, 0.4) is 0 Å². The monoisotopic (exact) mass is 699 g/mol. The van der Waals surface area contributed by atoms with Crippen LogP contribution in [0, 0.1) is 5.92 Å². The summed E-state index contributed by atoms with van der Waals surface area (Å²) in [6.45, 7) is 16.8. The number of aromatic nitrogens is 2. The zero-order valence-electron chi connectivity index (χ0n) is 25.2. The number of nitrogens with zero attached hydrogens (tertiary/aromatic N) is 2. The Kier molecular flexibility index (Phi) is 24.6. The molecule has 4 aromatic rings. The van der Waals surface area contributed by atoms with Crippen molar-refractivity contribution in [3.8, 4) is 16.5 Å². The van der Waals surface area contributed by atoms with Crippen LogP contribution in [0.25, 0.3) is 21.6 Å². The molecule has 0 radical (unpaired) electrons. The fourth-order valence-electron chi connectivity index (χ4n) is 3.07. The van der Waals surface area contributed by atoms with Crippen molar-refractivity contribution in [1.29, 1.82) is 0 Å². The zero-order chi connectivity index (χ0) is 30.8. The summed E-state index contributed by atoms with van der Waals surface area (Å²) in [6.07, 6.45) is 0.0779. The number of carbonyl (C=O) groups is 1. The topological polar surface area (TPSA) is 107 Å². The van der Waals surface area contributed by atoms with E-state index in [9.17, 15) is 13.2 Å². The molecule has 3 heterocycles. The number of para-hydroxylation sites is 2. The molecule has 0 aliphatic heterocycles. The first-order valence-corrected chi connectivity index (χ1v) is 16.6. The second-order valence-electron chi connectivity index (χ2n) is 10.9. The molecule has 11 heteroatoms. The largest absolute Gasteiger partial charge is 0.473 e. The van der Waals surface area contributed by atoms with E-state index in [1.54, 1.807) is 42.7 Å². The molecule has 0 unspecified atom stereocenters. The number of thiophene rings is 2. The third-order valence-electron chi connectivity index (χ3n) is 4.67. The van der Waals surface area contributed by atoms with Crippen molar-refractivity contribution >= 4 is 49.7 Å². The highest BCUT2D eigenvalue weighted by molar-refractivity contribution is 7.91. The summed E-state index contributed by atoms with van der Waals surface area (Å²) in [6, 6.07) is 15.2. The number of hydrogen-bond acceptors (Lipinski definition) is 9. The van der Waals surface area contributed by atoms with Gasteiger partial charge in [0.2, 0.25) is 15.9 Å². The maximum Gasteiger partial charge on any atom is 0.308 e.